The number of benzene rings is 3. The fourth-order valence-corrected chi connectivity index (χ4v) is 4.85. The standard InChI is InChI=1S/C31H26ClF4NO6/c1-39-9-2-10-40-27-17-24-28(30-29(27)41-11-12-42-30)26(7-8-37-24)43-25-6-4-19(16-23(25)33)14-20(38)13-18-3-5-22(32)21(15-18)31(34,35)36/h3-8,15-17H,2,9-14H2,1H3. The molecule has 4 aromatic rings. The van der Waals surface area contributed by atoms with Crippen molar-refractivity contribution in [3.05, 3.63) is 82.3 Å². The van der Waals surface area contributed by atoms with E-state index in [1.165, 1.54) is 24.4 Å². The maximum Gasteiger partial charge on any atom is 0.417 e. The minimum atomic E-state index is -4.65. The maximum atomic E-state index is 15.2. The van der Waals surface area contributed by atoms with Crippen LogP contribution in [0.25, 0.3) is 10.9 Å². The molecule has 0 N–H and O–H groups in total. The minimum Gasteiger partial charge on any atom is -0.489 e. The first kappa shape index (κ1) is 30.4. The van der Waals surface area contributed by atoms with E-state index in [2.05, 4.69) is 4.98 Å². The first-order valence-electron chi connectivity index (χ1n) is 13.3. The van der Waals surface area contributed by atoms with Gasteiger partial charge in [0, 0.05) is 45.2 Å². The van der Waals surface area contributed by atoms with Gasteiger partial charge in [0.25, 0.3) is 0 Å². The number of rotatable bonds is 11. The number of methoxy groups -OCH3 is 1. The van der Waals surface area contributed by atoms with E-state index in [-0.39, 0.29) is 36.5 Å². The van der Waals surface area contributed by atoms with E-state index in [1.807, 2.05) is 0 Å². The van der Waals surface area contributed by atoms with Gasteiger partial charge in [-0.05, 0) is 41.5 Å². The monoisotopic (exact) mass is 619 g/mol. The van der Waals surface area contributed by atoms with Crippen molar-refractivity contribution in [3.8, 4) is 28.7 Å². The third-order valence-corrected chi connectivity index (χ3v) is 6.88. The number of hydrogen-bond donors (Lipinski definition) is 0. The molecule has 3 aromatic carbocycles. The molecule has 0 fully saturated rings. The van der Waals surface area contributed by atoms with Crippen LogP contribution in [0.1, 0.15) is 23.1 Å². The predicted molar refractivity (Wildman–Crippen MR) is 150 cm³/mol. The highest BCUT2D eigenvalue weighted by molar-refractivity contribution is 6.31. The lowest BCUT2D eigenvalue weighted by molar-refractivity contribution is -0.137. The van der Waals surface area contributed by atoms with Crippen LogP contribution in [0.2, 0.25) is 5.02 Å². The lowest BCUT2D eigenvalue weighted by Gasteiger charge is -2.23. The van der Waals surface area contributed by atoms with Gasteiger partial charge in [0.2, 0.25) is 5.75 Å². The quantitative estimate of drug-likeness (QED) is 0.128. The fraction of sp³-hybridized carbons (Fsp3) is 0.290. The first-order valence-corrected chi connectivity index (χ1v) is 13.7. The maximum absolute atomic E-state index is 15.2. The van der Waals surface area contributed by atoms with Crippen LogP contribution in [-0.4, -0.2) is 44.3 Å². The van der Waals surface area contributed by atoms with E-state index >= 15 is 4.39 Å². The summed E-state index contributed by atoms with van der Waals surface area (Å²) in [5.74, 6) is 0.248. The van der Waals surface area contributed by atoms with Gasteiger partial charge in [-0.1, -0.05) is 23.7 Å². The van der Waals surface area contributed by atoms with Gasteiger partial charge >= 0.3 is 6.18 Å². The summed E-state index contributed by atoms with van der Waals surface area (Å²) in [7, 11) is 1.61. The third-order valence-electron chi connectivity index (χ3n) is 6.55. The normalized spacial score (nSPS) is 12.8. The van der Waals surface area contributed by atoms with Crippen LogP contribution < -0.4 is 18.9 Å². The molecule has 0 amide bonds. The van der Waals surface area contributed by atoms with Crippen molar-refractivity contribution in [2.24, 2.45) is 0 Å². The molecule has 0 bridgehead atoms. The molecular weight excluding hydrogens is 594 g/mol. The highest BCUT2D eigenvalue weighted by Gasteiger charge is 2.33. The van der Waals surface area contributed by atoms with Crippen molar-refractivity contribution in [2.75, 3.05) is 33.5 Å². The zero-order valence-corrected chi connectivity index (χ0v) is 23.7. The van der Waals surface area contributed by atoms with Crippen molar-refractivity contribution in [2.45, 2.75) is 25.4 Å². The molecule has 0 saturated carbocycles. The molecule has 7 nitrogen and oxygen atoms in total. The van der Waals surface area contributed by atoms with Crippen molar-refractivity contribution < 1.29 is 46.0 Å². The van der Waals surface area contributed by atoms with Gasteiger partial charge in [0.05, 0.1) is 28.1 Å². The second-order valence-corrected chi connectivity index (χ2v) is 10.1. The molecule has 1 aliphatic rings. The second kappa shape index (κ2) is 13.0. The Kier molecular flexibility index (Phi) is 9.22. The number of ketones is 1. The number of Topliss-reactive ketones (excluding diaryl/α,β-unsaturated/α-hetero) is 1. The van der Waals surface area contributed by atoms with Crippen LogP contribution in [0.15, 0.2) is 54.7 Å². The number of hydrogen-bond acceptors (Lipinski definition) is 7. The number of alkyl halides is 3. The molecule has 2 heterocycles. The van der Waals surface area contributed by atoms with Crippen LogP contribution in [0.4, 0.5) is 17.6 Å². The van der Waals surface area contributed by atoms with Gasteiger partial charge in [-0.3, -0.25) is 9.78 Å². The summed E-state index contributed by atoms with van der Waals surface area (Å²) in [4.78, 5) is 17.0. The van der Waals surface area contributed by atoms with E-state index in [9.17, 15) is 18.0 Å². The molecule has 1 aromatic heterocycles. The largest absolute Gasteiger partial charge is 0.489 e. The number of pyridine rings is 1. The predicted octanol–water partition coefficient (Wildman–Crippen LogP) is 7.38. The van der Waals surface area contributed by atoms with Gasteiger partial charge in [-0.2, -0.15) is 13.2 Å². The first-order chi connectivity index (χ1) is 20.6. The molecule has 12 heteroatoms. The van der Waals surface area contributed by atoms with Gasteiger partial charge in [-0.15, -0.1) is 0 Å². The SMILES string of the molecule is COCCCOc1cc2nccc(Oc3ccc(CC(=O)Cc4ccc(Cl)c(C(F)(F)F)c4)cc3F)c2c2c1OCCO2. The van der Waals surface area contributed by atoms with Crippen LogP contribution in [-0.2, 0) is 28.5 Å². The molecule has 0 spiro atoms. The Balaban J connectivity index is 1.34. The minimum absolute atomic E-state index is 0.110. The molecule has 1 aliphatic heterocycles. The second-order valence-electron chi connectivity index (χ2n) is 9.70. The van der Waals surface area contributed by atoms with E-state index in [0.29, 0.717) is 60.0 Å². The van der Waals surface area contributed by atoms with Crippen LogP contribution >= 0.6 is 11.6 Å². The number of nitrogens with zero attached hydrogens (tertiary/aromatic N) is 1. The van der Waals surface area contributed by atoms with Gasteiger partial charge in [0.15, 0.2) is 23.1 Å². The average molecular weight is 620 g/mol. The van der Waals surface area contributed by atoms with Crippen molar-refractivity contribution in [1.82, 2.24) is 4.98 Å². The number of carbonyl (C=O) groups is 1. The fourth-order valence-electron chi connectivity index (χ4n) is 4.62. The summed E-state index contributed by atoms with van der Waals surface area (Å²) in [6.45, 7) is 1.53. The van der Waals surface area contributed by atoms with Crippen molar-refractivity contribution in [3.63, 3.8) is 0 Å². The summed E-state index contributed by atoms with van der Waals surface area (Å²) in [6, 6.07) is 10.6. The topological polar surface area (TPSA) is 76.1 Å². The Labute approximate surface area is 249 Å². The van der Waals surface area contributed by atoms with Crippen LogP contribution in [0.3, 0.4) is 0 Å². The number of halogens is 5. The van der Waals surface area contributed by atoms with Gasteiger partial charge in [0.1, 0.15) is 24.7 Å². The average Bonchev–Trinajstić information content (AvgIpc) is 2.97. The molecule has 0 aliphatic carbocycles. The summed E-state index contributed by atoms with van der Waals surface area (Å²) < 4.78 is 83.3. The number of fused-ring (bicyclic) bond motifs is 3. The third kappa shape index (κ3) is 7.11. The zero-order chi connectivity index (χ0) is 30.6. The molecule has 0 atom stereocenters. The molecule has 5 rings (SSSR count). The number of aromatic nitrogens is 1. The Hall–Kier alpha value is -4.09. The zero-order valence-electron chi connectivity index (χ0n) is 22.9. The van der Waals surface area contributed by atoms with E-state index in [0.717, 1.165) is 18.2 Å². The van der Waals surface area contributed by atoms with E-state index < -0.39 is 28.4 Å². The Morgan fingerprint density at radius 3 is 2.37 bits per heavy atom. The number of carbonyl (C=O) groups excluding carboxylic acids is 1. The Bertz CT molecular complexity index is 1650. The Morgan fingerprint density at radius 1 is 0.930 bits per heavy atom. The van der Waals surface area contributed by atoms with E-state index in [4.69, 9.17) is 35.3 Å². The van der Waals surface area contributed by atoms with Crippen LogP contribution in [0.5, 0.6) is 28.7 Å². The van der Waals surface area contributed by atoms with E-state index in [1.54, 1.807) is 19.2 Å². The molecule has 0 saturated heterocycles. The summed E-state index contributed by atoms with van der Waals surface area (Å²) in [5, 5.41) is 0.0240. The number of ether oxygens (including phenoxy) is 5. The van der Waals surface area contributed by atoms with Crippen molar-refractivity contribution >= 4 is 28.3 Å². The molecule has 226 valence electrons. The highest BCUT2D eigenvalue weighted by atomic mass is 35.5. The summed E-state index contributed by atoms with van der Waals surface area (Å²) >= 11 is 5.65. The highest BCUT2D eigenvalue weighted by Crippen LogP contribution is 2.48. The smallest absolute Gasteiger partial charge is 0.417 e. The molecule has 0 radical (unpaired) electrons. The van der Waals surface area contributed by atoms with Gasteiger partial charge < -0.3 is 23.7 Å². The molecule has 43 heavy (non-hydrogen) atoms. The molecular formula is C31H26ClF4NO6. The van der Waals surface area contributed by atoms with Crippen molar-refractivity contribution in [1.29, 1.82) is 0 Å². The summed E-state index contributed by atoms with van der Waals surface area (Å²) in [5.41, 5.74) is -0.0321. The van der Waals surface area contributed by atoms with Gasteiger partial charge in [-0.25, -0.2) is 4.39 Å². The van der Waals surface area contributed by atoms with Crippen LogP contribution in [0, 0.1) is 5.82 Å². The molecule has 0 unspecified atom stereocenters. The lowest BCUT2D eigenvalue weighted by atomic mass is 10.0. The summed E-state index contributed by atoms with van der Waals surface area (Å²) in [6.07, 6.45) is -2.93. The lowest BCUT2D eigenvalue weighted by Crippen LogP contribution is -2.17. The Morgan fingerprint density at radius 2 is 1.65 bits per heavy atom.